The molecule has 2 rings (SSSR count). The molecule has 1 saturated heterocycles. The number of aromatic nitrogens is 1. The van der Waals surface area contributed by atoms with E-state index in [-0.39, 0.29) is 23.9 Å². The number of urea groups is 1. The van der Waals surface area contributed by atoms with Crippen LogP contribution in [-0.4, -0.2) is 53.9 Å². The van der Waals surface area contributed by atoms with Crippen molar-refractivity contribution in [2.24, 2.45) is 5.92 Å². The van der Waals surface area contributed by atoms with Gasteiger partial charge in [0.1, 0.15) is 0 Å². The molecule has 1 aliphatic heterocycles. The van der Waals surface area contributed by atoms with E-state index in [4.69, 9.17) is 0 Å². The number of nitrogens with one attached hydrogen (secondary N) is 1. The summed E-state index contributed by atoms with van der Waals surface area (Å²) >= 11 is 0. The summed E-state index contributed by atoms with van der Waals surface area (Å²) in [5.41, 5.74) is 0.857. The highest BCUT2D eigenvalue weighted by molar-refractivity contribution is 5.80. The second kappa shape index (κ2) is 7.24. The quantitative estimate of drug-likeness (QED) is 0.923. The Labute approximate surface area is 131 Å². The molecule has 1 unspecified atom stereocenters. The Morgan fingerprint density at radius 2 is 2.00 bits per heavy atom. The Morgan fingerprint density at radius 3 is 2.55 bits per heavy atom. The number of hydrogen-bond donors (Lipinski definition) is 1. The summed E-state index contributed by atoms with van der Waals surface area (Å²) in [6.07, 6.45) is 3.14. The number of amides is 3. The molecule has 1 aliphatic rings. The third-order valence-corrected chi connectivity index (χ3v) is 4.01. The first-order chi connectivity index (χ1) is 10.5. The molecule has 1 fully saturated rings. The highest BCUT2D eigenvalue weighted by atomic mass is 16.2. The molecule has 1 N–H and O–H groups in total. The third-order valence-electron chi connectivity index (χ3n) is 4.01. The molecule has 1 atom stereocenters. The highest BCUT2D eigenvalue weighted by Crippen LogP contribution is 2.19. The van der Waals surface area contributed by atoms with Crippen LogP contribution in [0.5, 0.6) is 0 Å². The monoisotopic (exact) mass is 304 g/mol. The zero-order valence-electron chi connectivity index (χ0n) is 13.5. The van der Waals surface area contributed by atoms with Gasteiger partial charge in [-0.1, -0.05) is 6.07 Å². The highest BCUT2D eigenvalue weighted by Gasteiger charge is 2.28. The van der Waals surface area contributed by atoms with E-state index in [0.717, 1.165) is 5.69 Å². The van der Waals surface area contributed by atoms with Gasteiger partial charge in [-0.05, 0) is 31.9 Å². The smallest absolute Gasteiger partial charge is 0.319 e. The summed E-state index contributed by atoms with van der Waals surface area (Å²) < 4.78 is 0. The zero-order valence-corrected chi connectivity index (χ0v) is 13.5. The van der Waals surface area contributed by atoms with Crippen molar-refractivity contribution in [1.82, 2.24) is 20.1 Å². The van der Waals surface area contributed by atoms with Gasteiger partial charge < -0.3 is 15.1 Å². The SMILES string of the molecule is CC(NC(=O)C1CCN(C(=O)N(C)C)CC1)c1ccccn1. The van der Waals surface area contributed by atoms with Gasteiger partial charge in [-0.25, -0.2) is 4.79 Å². The normalized spacial score (nSPS) is 17.0. The van der Waals surface area contributed by atoms with Gasteiger partial charge in [-0.2, -0.15) is 0 Å². The van der Waals surface area contributed by atoms with Gasteiger partial charge in [0.15, 0.2) is 0 Å². The minimum Gasteiger partial charge on any atom is -0.348 e. The molecule has 0 aliphatic carbocycles. The summed E-state index contributed by atoms with van der Waals surface area (Å²) in [6, 6.07) is 5.59. The Balaban J connectivity index is 1.84. The molecule has 0 spiro atoms. The molecule has 0 aromatic carbocycles. The average molecular weight is 304 g/mol. The average Bonchev–Trinajstić information content (AvgIpc) is 2.55. The van der Waals surface area contributed by atoms with Crippen LogP contribution in [0, 0.1) is 5.92 Å². The Morgan fingerprint density at radius 1 is 1.32 bits per heavy atom. The lowest BCUT2D eigenvalue weighted by molar-refractivity contribution is -0.127. The van der Waals surface area contributed by atoms with Crippen molar-refractivity contribution in [3.8, 4) is 0 Å². The fraction of sp³-hybridized carbons (Fsp3) is 0.562. The molecule has 0 saturated carbocycles. The number of carbonyl (C=O) groups is 2. The van der Waals surface area contributed by atoms with Gasteiger partial charge in [0.05, 0.1) is 11.7 Å². The van der Waals surface area contributed by atoms with Crippen molar-refractivity contribution in [2.45, 2.75) is 25.8 Å². The first-order valence-corrected chi connectivity index (χ1v) is 7.66. The van der Waals surface area contributed by atoms with Crippen LogP contribution in [0.1, 0.15) is 31.5 Å². The van der Waals surface area contributed by atoms with Gasteiger partial charge in [0.25, 0.3) is 0 Å². The molecule has 22 heavy (non-hydrogen) atoms. The molecule has 1 aromatic heterocycles. The Kier molecular flexibility index (Phi) is 5.35. The summed E-state index contributed by atoms with van der Waals surface area (Å²) in [4.78, 5) is 31.8. The summed E-state index contributed by atoms with van der Waals surface area (Å²) in [7, 11) is 3.49. The molecule has 6 nitrogen and oxygen atoms in total. The predicted octanol–water partition coefficient (Wildman–Crippen LogP) is 1.65. The van der Waals surface area contributed by atoms with Crippen LogP contribution < -0.4 is 5.32 Å². The van der Waals surface area contributed by atoms with Gasteiger partial charge >= 0.3 is 6.03 Å². The van der Waals surface area contributed by atoms with Crippen molar-refractivity contribution < 1.29 is 9.59 Å². The Bertz CT molecular complexity index is 510. The number of nitrogens with zero attached hydrogens (tertiary/aromatic N) is 3. The van der Waals surface area contributed by atoms with E-state index in [9.17, 15) is 9.59 Å². The van der Waals surface area contributed by atoms with Crippen molar-refractivity contribution >= 4 is 11.9 Å². The van der Waals surface area contributed by atoms with Gasteiger partial charge in [-0.15, -0.1) is 0 Å². The molecule has 6 heteroatoms. The maximum Gasteiger partial charge on any atom is 0.319 e. The minimum absolute atomic E-state index is 0.0145. The summed E-state index contributed by atoms with van der Waals surface area (Å²) in [5, 5.41) is 3.02. The second-order valence-electron chi connectivity index (χ2n) is 5.92. The number of piperidine rings is 1. The van der Waals surface area contributed by atoms with Crippen molar-refractivity contribution in [2.75, 3.05) is 27.2 Å². The molecule has 1 aromatic rings. The van der Waals surface area contributed by atoms with Crippen LogP contribution in [0.3, 0.4) is 0 Å². The van der Waals surface area contributed by atoms with E-state index in [0.29, 0.717) is 25.9 Å². The summed E-state index contributed by atoms with van der Waals surface area (Å²) in [5.74, 6) is 0.0208. The molecular formula is C16H24N4O2. The van der Waals surface area contributed by atoms with E-state index in [1.54, 1.807) is 30.1 Å². The van der Waals surface area contributed by atoms with Crippen LogP contribution in [0.25, 0.3) is 0 Å². The fourth-order valence-corrected chi connectivity index (χ4v) is 2.65. The number of likely N-dealkylation sites (tertiary alicyclic amines) is 1. The van der Waals surface area contributed by atoms with Crippen LogP contribution in [-0.2, 0) is 4.79 Å². The molecule has 0 bridgehead atoms. The Hall–Kier alpha value is -2.11. The first-order valence-electron chi connectivity index (χ1n) is 7.66. The van der Waals surface area contributed by atoms with E-state index in [1.165, 1.54) is 0 Å². The first kappa shape index (κ1) is 16.3. The maximum atomic E-state index is 12.3. The number of carbonyl (C=O) groups excluding carboxylic acids is 2. The molecular weight excluding hydrogens is 280 g/mol. The van der Waals surface area contributed by atoms with E-state index in [2.05, 4.69) is 10.3 Å². The fourth-order valence-electron chi connectivity index (χ4n) is 2.65. The van der Waals surface area contributed by atoms with Gasteiger partial charge in [0, 0.05) is 39.3 Å². The molecule has 0 radical (unpaired) electrons. The van der Waals surface area contributed by atoms with Gasteiger partial charge in [-0.3, -0.25) is 9.78 Å². The largest absolute Gasteiger partial charge is 0.348 e. The van der Waals surface area contributed by atoms with Crippen LogP contribution in [0.15, 0.2) is 24.4 Å². The van der Waals surface area contributed by atoms with Crippen LogP contribution >= 0.6 is 0 Å². The van der Waals surface area contributed by atoms with Crippen molar-refractivity contribution in [1.29, 1.82) is 0 Å². The van der Waals surface area contributed by atoms with Crippen LogP contribution in [0.2, 0.25) is 0 Å². The van der Waals surface area contributed by atoms with E-state index < -0.39 is 0 Å². The lowest BCUT2D eigenvalue weighted by Crippen LogP contribution is -2.46. The zero-order chi connectivity index (χ0) is 16.1. The minimum atomic E-state index is -0.102. The lowest BCUT2D eigenvalue weighted by Gasteiger charge is -2.33. The van der Waals surface area contributed by atoms with E-state index in [1.807, 2.05) is 25.1 Å². The van der Waals surface area contributed by atoms with Crippen molar-refractivity contribution in [3.05, 3.63) is 30.1 Å². The lowest BCUT2D eigenvalue weighted by atomic mass is 9.95. The van der Waals surface area contributed by atoms with Crippen molar-refractivity contribution in [3.63, 3.8) is 0 Å². The number of rotatable bonds is 3. The standard InChI is InChI=1S/C16H24N4O2/c1-12(14-6-4-5-9-17-14)18-15(21)13-7-10-20(11-8-13)16(22)19(2)3/h4-6,9,12-13H,7-8,10-11H2,1-3H3,(H,18,21). The second-order valence-corrected chi connectivity index (χ2v) is 5.92. The van der Waals surface area contributed by atoms with Gasteiger partial charge in [0.2, 0.25) is 5.91 Å². The summed E-state index contributed by atoms with van der Waals surface area (Å²) in [6.45, 7) is 3.20. The third kappa shape index (κ3) is 3.96. The topological polar surface area (TPSA) is 65.5 Å². The van der Waals surface area contributed by atoms with E-state index >= 15 is 0 Å². The molecule has 2 heterocycles. The van der Waals surface area contributed by atoms with Crippen LogP contribution in [0.4, 0.5) is 4.79 Å². The number of hydrogen-bond acceptors (Lipinski definition) is 3. The predicted molar refractivity (Wildman–Crippen MR) is 84.2 cm³/mol. The number of pyridine rings is 1. The maximum absolute atomic E-state index is 12.3. The molecule has 3 amide bonds. The molecule has 120 valence electrons.